The van der Waals surface area contributed by atoms with Crippen LogP contribution < -0.4 is 0 Å². The Bertz CT molecular complexity index is 4240. The van der Waals surface area contributed by atoms with Gasteiger partial charge in [-0.3, -0.25) is 0 Å². The SMILES string of the molecule is c1ccc(-c2nc(-c3ccc(-n4c5ccccc5c5cc6ccccc6cc54)c(-c4cc5ccccc5c5oc6ccccc6c45)c3)nc(-c3c4ccccc4cc4ccccc34)n2)cc1. The van der Waals surface area contributed by atoms with Gasteiger partial charge >= 0.3 is 0 Å². The van der Waals surface area contributed by atoms with E-state index in [1.807, 2.05) is 24.3 Å². The standard InChI is InChI=1S/C61H36N4O/c1-2-16-37(17-3-1)59-62-60(64-61(63-59)57-44-23-9-6-20-40(44)32-41-21-7-10-24-45(41)57)43-30-31-53(65-52-28-14-12-26-47(52)49-33-38-18-4-5-19-39(38)36-54(49)65)50(35-43)51-34-42-22-8-11-25-46(42)58-56(51)48-27-13-15-29-55(48)66-58/h1-36H. The molecule has 0 amide bonds. The summed E-state index contributed by atoms with van der Waals surface area (Å²) in [6.45, 7) is 0. The second-order valence-electron chi connectivity index (χ2n) is 17.1. The summed E-state index contributed by atoms with van der Waals surface area (Å²) >= 11 is 0. The number of aromatic nitrogens is 4. The van der Waals surface area contributed by atoms with Gasteiger partial charge in [-0.05, 0) is 97.9 Å². The van der Waals surface area contributed by atoms with Crippen LogP contribution >= 0.6 is 0 Å². The van der Waals surface area contributed by atoms with Gasteiger partial charge in [0.15, 0.2) is 17.5 Å². The predicted octanol–water partition coefficient (Wildman–Crippen LogP) is 16.1. The third-order valence-electron chi connectivity index (χ3n) is 13.4. The van der Waals surface area contributed by atoms with Crippen molar-refractivity contribution in [3.8, 4) is 51.0 Å². The van der Waals surface area contributed by atoms with Crippen LogP contribution in [0.2, 0.25) is 0 Å². The molecule has 3 heterocycles. The Kier molecular flexibility index (Phi) is 7.91. The zero-order valence-electron chi connectivity index (χ0n) is 35.5. The molecule has 0 saturated heterocycles. The van der Waals surface area contributed by atoms with E-state index in [-0.39, 0.29) is 0 Å². The van der Waals surface area contributed by atoms with Crippen LogP contribution in [0, 0.1) is 0 Å². The van der Waals surface area contributed by atoms with Gasteiger partial charge in [-0.25, -0.2) is 15.0 Å². The number of hydrogen-bond donors (Lipinski definition) is 0. The van der Waals surface area contributed by atoms with E-state index in [0.717, 1.165) is 98.8 Å². The molecule has 0 fully saturated rings. The first-order valence-corrected chi connectivity index (χ1v) is 22.3. The highest BCUT2D eigenvalue weighted by molar-refractivity contribution is 6.22. The van der Waals surface area contributed by atoms with E-state index in [9.17, 15) is 0 Å². The summed E-state index contributed by atoms with van der Waals surface area (Å²) in [5.41, 5.74) is 9.89. The van der Waals surface area contributed by atoms with Crippen molar-refractivity contribution in [2.45, 2.75) is 0 Å². The van der Waals surface area contributed by atoms with Crippen LogP contribution in [0.3, 0.4) is 0 Å². The maximum Gasteiger partial charge on any atom is 0.165 e. The van der Waals surface area contributed by atoms with E-state index in [1.165, 1.54) is 21.5 Å². The zero-order chi connectivity index (χ0) is 43.3. The topological polar surface area (TPSA) is 56.7 Å². The normalized spacial score (nSPS) is 11.9. The molecule has 0 spiro atoms. The molecule has 0 bridgehead atoms. The summed E-state index contributed by atoms with van der Waals surface area (Å²) in [4.78, 5) is 16.1. The second-order valence-corrected chi connectivity index (χ2v) is 17.1. The van der Waals surface area contributed by atoms with E-state index in [0.29, 0.717) is 17.5 Å². The maximum atomic E-state index is 6.82. The van der Waals surface area contributed by atoms with Crippen LogP contribution in [-0.2, 0) is 0 Å². The first-order chi connectivity index (χ1) is 32.7. The smallest absolute Gasteiger partial charge is 0.165 e. The van der Waals surface area contributed by atoms with Crippen LogP contribution in [0.5, 0.6) is 0 Å². The van der Waals surface area contributed by atoms with Crippen molar-refractivity contribution in [2.24, 2.45) is 0 Å². The Hall–Kier alpha value is -8.93. The maximum absolute atomic E-state index is 6.82. The predicted molar refractivity (Wildman–Crippen MR) is 273 cm³/mol. The van der Waals surface area contributed by atoms with Gasteiger partial charge in [-0.15, -0.1) is 0 Å². The Morgan fingerprint density at radius 1 is 0.333 bits per heavy atom. The average Bonchev–Trinajstić information content (AvgIpc) is 3.93. The number of benzene rings is 11. The summed E-state index contributed by atoms with van der Waals surface area (Å²) in [5, 5.41) is 13.5. The summed E-state index contributed by atoms with van der Waals surface area (Å²) in [6, 6.07) is 77.5. The van der Waals surface area contributed by atoms with Crippen molar-refractivity contribution < 1.29 is 4.42 Å². The molecule has 0 unspecified atom stereocenters. The molecule has 0 saturated carbocycles. The molecule has 14 aromatic rings. The lowest BCUT2D eigenvalue weighted by atomic mass is 9.93. The van der Waals surface area contributed by atoms with Crippen molar-refractivity contribution >= 4 is 86.8 Å². The van der Waals surface area contributed by atoms with Gasteiger partial charge in [0, 0.05) is 49.2 Å². The lowest BCUT2D eigenvalue weighted by molar-refractivity contribution is 0.673. The van der Waals surface area contributed by atoms with Crippen molar-refractivity contribution in [3.05, 3.63) is 218 Å². The molecule has 0 N–H and O–H groups in total. The number of fused-ring (bicyclic) bond motifs is 11. The molecule has 66 heavy (non-hydrogen) atoms. The number of rotatable bonds is 5. The summed E-state index contributed by atoms with van der Waals surface area (Å²) in [5.74, 6) is 1.83. The first kappa shape index (κ1) is 36.5. The van der Waals surface area contributed by atoms with Crippen molar-refractivity contribution in [3.63, 3.8) is 0 Å². The van der Waals surface area contributed by atoms with E-state index in [2.05, 4.69) is 199 Å². The van der Waals surface area contributed by atoms with Gasteiger partial charge in [0.2, 0.25) is 0 Å². The summed E-state index contributed by atoms with van der Waals surface area (Å²) in [6.07, 6.45) is 0. The fourth-order valence-corrected chi connectivity index (χ4v) is 10.4. The van der Waals surface area contributed by atoms with E-state index in [4.69, 9.17) is 19.4 Å². The molecule has 5 heteroatoms. The quantitative estimate of drug-likeness (QED) is 0.162. The molecular formula is C61H36N4O. The van der Waals surface area contributed by atoms with Crippen molar-refractivity contribution in [2.75, 3.05) is 0 Å². The highest BCUT2D eigenvalue weighted by atomic mass is 16.3. The third kappa shape index (κ3) is 5.57. The molecule has 3 aromatic heterocycles. The molecule has 306 valence electrons. The number of para-hydroxylation sites is 2. The van der Waals surface area contributed by atoms with Gasteiger partial charge in [0.25, 0.3) is 0 Å². The molecular weight excluding hydrogens is 805 g/mol. The lowest BCUT2D eigenvalue weighted by Crippen LogP contribution is -2.02. The van der Waals surface area contributed by atoms with Crippen molar-refractivity contribution in [1.29, 1.82) is 0 Å². The van der Waals surface area contributed by atoms with Gasteiger partial charge in [0.05, 0.1) is 16.7 Å². The average molecular weight is 841 g/mol. The largest absolute Gasteiger partial charge is 0.455 e. The van der Waals surface area contributed by atoms with Gasteiger partial charge in [0.1, 0.15) is 11.2 Å². The molecule has 0 atom stereocenters. The van der Waals surface area contributed by atoms with E-state index < -0.39 is 0 Å². The molecule has 0 aliphatic heterocycles. The van der Waals surface area contributed by atoms with Crippen LogP contribution in [-0.4, -0.2) is 19.5 Å². The Morgan fingerprint density at radius 2 is 0.894 bits per heavy atom. The van der Waals surface area contributed by atoms with Gasteiger partial charge < -0.3 is 8.98 Å². The molecule has 14 rings (SSSR count). The summed E-state index contributed by atoms with van der Waals surface area (Å²) in [7, 11) is 0. The first-order valence-electron chi connectivity index (χ1n) is 22.3. The number of hydrogen-bond acceptors (Lipinski definition) is 4. The third-order valence-corrected chi connectivity index (χ3v) is 13.4. The lowest BCUT2D eigenvalue weighted by Gasteiger charge is -2.18. The fraction of sp³-hybridized carbons (Fsp3) is 0. The van der Waals surface area contributed by atoms with Crippen LogP contribution in [0.25, 0.3) is 138 Å². The Labute approximate surface area is 378 Å². The molecule has 5 nitrogen and oxygen atoms in total. The minimum absolute atomic E-state index is 0.589. The van der Waals surface area contributed by atoms with Crippen LogP contribution in [0.1, 0.15) is 0 Å². The fourth-order valence-electron chi connectivity index (χ4n) is 10.4. The molecule has 0 aliphatic carbocycles. The van der Waals surface area contributed by atoms with Crippen molar-refractivity contribution in [1.82, 2.24) is 19.5 Å². The van der Waals surface area contributed by atoms with E-state index >= 15 is 0 Å². The Morgan fingerprint density at radius 3 is 1.64 bits per heavy atom. The monoisotopic (exact) mass is 840 g/mol. The minimum atomic E-state index is 0.589. The minimum Gasteiger partial charge on any atom is -0.455 e. The highest BCUT2D eigenvalue weighted by Gasteiger charge is 2.24. The number of nitrogens with zero attached hydrogens (tertiary/aromatic N) is 4. The van der Waals surface area contributed by atoms with E-state index in [1.54, 1.807) is 0 Å². The van der Waals surface area contributed by atoms with Crippen LogP contribution in [0.15, 0.2) is 223 Å². The molecule has 0 aliphatic rings. The van der Waals surface area contributed by atoms with Gasteiger partial charge in [-0.1, -0.05) is 164 Å². The highest BCUT2D eigenvalue weighted by Crippen LogP contribution is 2.46. The second kappa shape index (κ2) is 14.3. The van der Waals surface area contributed by atoms with Gasteiger partial charge in [-0.2, -0.15) is 0 Å². The van der Waals surface area contributed by atoms with Crippen LogP contribution in [0.4, 0.5) is 0 Å². The molecule has 0 radical (unpaired) electrons. The Balaban J connectivity index is 1.11. The zero-order valence-corrected chi connectivity index (χ0v) is 35.5. The number of furan rings is 1. The molecule has 11 aromatic carbocycles. The summed E-state index contributed by atoms with van der Waals surface area (Å²) < 4.78 is 9.26.